The van der Waals surface area contributed by atoms with Gasteiger partial charge in [0.15, 0.2) is 5.65 Å². The van der Waals surface area contributed by atoms with Gasteiger partial charge in [0.25, 0.3) is 0 Å². The van der Waals surface area contributed by atoms with Crippen LogP contribution < -0.4 is 0 Å². The second-order valence-electron chi connectivity index (χ2n) is 4.60. The molecule has 2 aromatic rings. The molecule has 0 fully saturated rings. The van der Waals surface area contributed by atoms with E-state index in [1.165, 1.54) is 6.26 Å². The molecule has 2 heterocycles. The number of imidazole rings is 1. The predicted molar refractivity (Wildman–Crippen MR) is 76.4 cm³/mol. The zero-order valence-electron chi connectivity index (χ0n) is 10.9. The van der Waals surface area contributed by atoms with Crippen molar-refractivity contribution in [2.24, 2.45) is 0 Å². The quantitative estimate of drug-likeness (QED) is 0.786. The van der Waals surface area contributed by atoms with Crippen LogP contribution in [0.1, 0.15) is 11.4 Å². The monoisotopic (exact) mass is 301 g/mol. The lowest BCUT2D eigenvalue weighted by Crippen LogP contribution is -2.14. The Morgan fingerprint density at radius 1 is 1.42 bits per heavy atom. The first-order valence-electron chi connectivity index (χ1n) is 5.96. The maximum atomic E-state index is 11.3. The number of alkyl halides is 1. The summed E-state index contributed by atoms with van der Waals surface area (Å²) in [5.74, 6) is 1.30. The van der Waals surface area contributed by atoms with Gasteiger partial charge in [-0.2, -0.15) is 0 Å². The van der Waals surface area contributed by atoms with Crippen LogP contribution in [0.25, 0.3) is 11.2 Å². The second kappa shape index (κ2) is 5.46. The van der Waals surface area contributed by atoms with Gasteiger partial charge in [-0.15, -0.1) is 11.6 Å². The highest BCUT2D eigenvalue weighted by atomic mass is 35.5. The van der Waals surface area contributed by atoms with E-state index in [1.807, 2.05) is 17.6 Å². The molecule has 104 valence electrons. The van der Waals surface area contributed by atoms with E-state index in [-0.39, 0.29) is 5.75 Å². The Morgan fingerprint density at radius 3 is 2.79 bits per heavy atom. The molecular formula is C12H16ClN3O2S. The van der Waals surface area contributed by atoms with Gasteiger partial charge in [-0.3, -0.25) is 0 Å². The van der Waals surface area contributed by atoms with Crippen LogP contribution in [0.3, 0.4) is 0 Å². The third kappa shape index (κ3) is 3.45. The van der Waals surface area contributed by atoms with E-state index in [4.69, 9.17) is 11.6 Å². The van der Waals surface area contributed by atoms with E-state index in [0.717, 1.165) is 22.6 Å². The van der Waals surface area contributed by atoms with Crippen LogP contribution in [-0.4, -0.2) is 40.8 Å². The number of rotatable bonds is 5. The summed E-state index contributed by atoms with van der Waals surface area (Å²) in [5, 5.41) is 0. The fourth-order valence-corrected chi connectivity index (χ4v) is 2.61. The standard InChI is InChI=1S/C12H16ClN3O2S/c1-9-7-10-12(14-8-9)16(5-6-19(2,17)18)11(15-10)3-4-13/h7-8H,3-6H2,1-2H3. The summed E-state index contributed by atoms with van der Waals surface area (Å²) in [7, 11) is -3.02. The summed E-state index contributed by atoms with van der Waals surface area (Å²) in [6.45, 7) is 2.31. The van der Waals surface area contributed by atoms with Gasteiger partial charge in [0, 0.05) is 31.3 Å². The first-order valence-corrected chi connectivity index (χ1v) is 8.55. The first kappa shape index (κ1) is 14.3. The molecule has 0 radical (unpaired) electrons. The minimum atomic E-state index is -3.02. The lowest BCUT2D eigenvalue weighted by atomic mass is 10.3. The molecule has 7 heteroatoms. The highest BCUT2D eigenvalue weighted by Crippen LogP contribution is 2.16. The average Bonchev–Trinajstić information content (AvgIpc) is 2.62. The Hall–Kier alpha value is -1.14. The lowest BCUT2D eigenvalue weighted by molar-refractivity contribution is 0.593. The Labute approximate surface area is 117 Å². The molecule has 0 unspecified atom stereocenters. The average molecular weight is 302 g/mol. The van der Waals surface area contributed by atoms with Crippen molar-refractivity contribution in [3.63, 3.8) is 0 Å². The smallest absolute Gasteiger partial charge is 0.160 e. The fourth-order valence-electron chi connectivity index (χ4n) is 1.93. The number of aryl methyl sites for hydroxylation is 3. The molecule has 0 amide bonds. The molecule has 2 aromatic heterocycles. The number of pyridine rings is 1. The van der Waals surface area contributed by atoms with Gasteiger partial charge in [0.1, 0.15) is 21.2 Å². The molecule has 0 atom stereocenters. The summed E-state index contributed by atoms with van der Waals surface area (Å²) < 4.78 is 24.5. The van der Waals surface area contributed by atoms with Crippen molar-refractivity contribution >= 4 is 32.6 Å². The number of hydrogen-bond donors (Lipinski definition) is 0. The van der Waals surface area contributed by atoms with Crippen LogP contribution in [0, 0.1) is 6.92 Å². The highest BCUT2D eigenvalue weighted by molar-refractivity contribution is 7.90. The van der Waals surface area contributed by atoms with Crippen LogP contribution in [0.2, 0.25) is 0 Å². The van der Waals surface area contributed by atoms with Crippen LogP contribution in [0.15, 0.2) is 12.3 Å². The molecule has 2 rings (SSSR count). The van der Waals surface area contributed by atoms with Gasteiger partial charge in [0.2, 0.25) is 0 Å². The minimum Gasteiger partial charge on any atom is -0.312 e. The van der Waals surface area contributed by atoms with Gasteiger partial charge in [-0.25, -0.2) is 18.4 Å². The van der Waals surface area contributed by atoms with Gasteiger partial charge in [-0.05, 0) is 18.6 Å². The molecule has 0 aliphatic heterocycles. The van der Waals surface area contributed by atoms with Crippen LogP contribution in [0.4, 0.5) is 0 Å². The van der Waals surface area contributed by atoms with E-state index in [0.29, 0.717) is 18.8 Å². The molecule has 0 aliphatic carbocycles. The van der Waals surface area contributed by atoms with Crippen molar-refractivity contribution in [3.05, 3.63) is 23.7 Å². The molecule has 0 aliphatic rings. The zero-order valence-corrected chi connectivity index (χ0v) is 12.5. The number of fused-ring (bicyclic) bond motifs is 1. The van der Waals surface area contributed by atoms with Crippen molar-refractivity contribution < 1.29 is 8.42 Å². The van der Waals surface area contributed by atoms with E-state index < -0.39 is 9.84 Å². The van der Waals surface area contributed by atoms with Crippen molar-refractivity contribution in [3.8, 4) is 0 Å². The van der Waals surface area contributed by atoms with Crippen molar-refractivity contribution in [2.45, 2.75) is 19.9 Å². The summed E-state index contributed by atoms with van der Waals surface area (Å²) >= 11 is 5.76. The largest absolute Gasteiger partial charge is 0.312 e. The molecule has 0 aromatic carbocycles. The number of sulfone groups is 1. The van der Waals surface area contributed by atoms with Crippen LogP contribution in [0.5, 0.6) is 0 Å². The molecule has 0 saturated heterocycles. The SMILES string of the molecule is Cc1cnc2c(c1)nc(CCCl)n2CCS(C)(=O)=O. The highest BCUT2D eigenvalue weighted by Gasteiger charge is 2.13. The van der Waals surface area contributed by atoms with E-state index in [1.54, 1.807) is 6.20 Å². The second-order valence-corrected chi connectivity index (χ2v) is 7.24. The van der Waals surface area contributed by atoms with E-state index >= 15 is 0 Å². The van der Waals surface area contributed by atoms with Crippen molar-refractivity contribution in [2.75, 3.05) is 17.9 Å². The molecule has 0 bridgehead atoms. The number of halogens is 1. The molecule has 5 nitrogen and oxygen atoms in total. The number of nitrogens with zero attached hydrogens (tertiary/aromatic N) is 3. The van der Waals surface area contributed by atoms with Crippen LogP contribution in [-0.2, 0) is 22.8 Å². The van der Waals surface area contributed by atoms with Crippen molar-refractivity contribution in [1.82, 2.24) is 14.5 Å². The lowest BCUT2D eigenvalue weighted by Gasteiger charge is -2.06. The maximum Gasteiger partial charge on any atom is 0.160 e. The van der Waals surface area contributed by atoms with Crippen LogP contribution >= 0.6 is 11.6 Å². The Balaban J connectivity index is 2.45. The van der Waals surface area contributed by atoms with E-state index in [9.17, 15) is 8.42 Å². The Bertz CT molecular complexity index is 694. The Morgan fingerprint density at radius 2 is 2.16 bits per heavy atom. The zero-order chi connectivity index (χ0) is 14.0. The maximum absolute atomic E-state index is 11.3. The summed E-state index contributed by atoms with van der Waals surface area (Å²) in [5.41, 5.74) is 2.53. The molecular weight excluding hydrogens is 286 g/mol. The molecule has 19 heavy (non-hydrogen) atoms. The Kier molecular flexibility index (Phi) is 4.10. The normalized spacial score (nSPS) is 12.2. The molecule has 0 N–H and O–H groups in total. The van der Waals surface area contributed by atoms with Gasteiger partial charge in [-0.1, -0.05) is 0 Å². The van der Waals surface area contributed by atoms with E-state index in [2.05, 4.69) is 9.97 Å². The fraction of sp³-hybridized carbons (Fsp3) is 0.500. The number of aromatic nitrogens is 3. The molecule has 0 saturated carbocycles. The topological polar surface area (TPSA) is 64.8 Å². The third-order valence-corrected chi connectivity index (χ3v) is 3.92. The first-order chi connectivity index (χ1) is 8.90. The summed E-state index contributed by atoms with van der Waals surface area (Å²) in [4.78, 5) is 8.83. The van der Waals surface area contributed by atoms with Gasteiger partial charge in [0.05, 0.1) is 5.75 Å². The van der Waals surface area contributed by atoms with Gasteiger partial charge >= 0.3 is 0 Å². The molecule has 0 spiro atoms. The third-order valence-electron chi connectivity index (χ3n) is 2.80. The van der Waals surface area contributed by atoms with Gasteiger partial charge < -0.3 is 4.57 Å². The minimum absolute atomic E-state index is 0.0727. The van der Waals surface area contributed by atoms with Crippen molar-refractivity contribution in [1.29, 1.82) is 0 Å². The number of hydrogen-bond acceptors (Lipinski definition) is 4. The summed E-state index contributed by atoms with van der Waals surface area (Å²) in [6, 6.07) is 1.94. The predicted octanol–water partition coefficient (Wildman–Crippen LogP) is 1.57. The summed E-state index contributed by atoms with van der Waals surface area (Å²) in [6.07, 6.45) is 3.58.